The molecule has 0 unspecified atom stereocenters. The zero-order chi connectivity index (χ0) is 21.3. The van der Waals surface area contributed by atoms with E-state index in [1.54, 1.807) is 7.05 Å². The molecule has 2 aromatic rings. The highest BCUT2D eigenvalue weighted by Gasteiger charge is 2.24. The molecule has 0 atom stereocenters. The summed E-state index contributed by atoms with van der Waals surface area (Å²) in [5.41, 5.74) is -0.954. The summed E-state index contributed by atoms with van der Waals surface area (Å²) >= 11 is 1.22. The summed E-state index contributed by atoms with van der Waals surface area (Å²) < 4.78 is 2.41. The van der Waals surface area contributed by atoms with Crippen molar-refractivity contribution < 1.29 is 4.79 Å². The van der Waals surface area contributed by atoms with Crippen LogP contribution in [0.3, 0.4) is 0 Å². The quantitative estimate of drug-likeness (QED) is 0.600. The van der Waals surface area contributed by atoms with Crippen LogP contribution in [0.25, 0.3) is 11.0 Å². The molecule has 29 heavy (non-hydrogen) atoms. The van der Waals surface area contributed by atoms with E-state index in [2.05, 4.69) is 15.3 Å². The van der Waals surface area contributed by atoms with E-state index in [0.29, 0.717) is 16.5 Å². The summed E-state index contributed by atoms with van der Waals surface area (Å²) in [7, 11) is 3.03. The van der Waals surface area contributed by atoms with Crippen LogP contribution >= 0.6 is 11.8 Å². The SMILES string of the molecule is Cn1c(=O)c2c(SCC(=O)NC3CCCCC3)nc(C(C)(C)C)nc2n(C)c1=O. The number of fused-ring (bicyclic) bond motifs is 1. The van der Waals surface area contributed by atoms with Crippen LogP contribution in [0.2, 0.25) is 0 Å². The molecular weight excluding hydrogens is 390 g/mol. The molecule has 2 aromatic heterocycles. The van der Waals surface area contributed by atoms with Gasteiger partial charge in [0.1, 0.15) is 16.2 Å². The largest absolute Gasteiger partial charge is 0.353 e. The smallest absolute Gasteiger partial charge is 0.332 e. The average Bonchev–Trinajstić information content (AvgIpc) is 2.68. The second kappa shape index (κ2) is 8.30. The van der Waals surface area contributed by atoms with Crippen molar-refractivity contribution in [1.82, 2.24) is 24.4 Å². The molecule has 0 spiro atoms. The van der Waals surface area contributed by atoms with E-state index in [0.717, 1.165) is 30.3 Å². The lowest BCUT2D eigenvalue weighted by Crippen LogP contribution is -2.38. The molecule has 0 aliphatic heterocycles. The maximum atomic E-state index is 12.8. The highest BCUT2D eigenvalue weighted by atomic mass is 32.2. The summed E-state index contributed by atoms with van der Waals surface area (Å²) in [6.45, 7) is 5.91. The van der Waals surface area contributed by atoms with Crippen molar-refractivity contribution in [2.75, 3.05) is 5.75 Å². The van der Waals surface area contributed by atoms with Crippen LogP contribution < -0.4 is 16.6 Å². The van der Waals surface area contributed by atoms with Crippen molar-refractivity contribution in [3.8, 4) is 0 Å². The van der Waals surface area contributed by atoms with Crippen LogP contribution in [0, 0.1) is 0 Å². The van der Waals surface area contributed by atoms with E-state index >= 15 is 0 Å². The van der Waals surface area contributed by atoms with E-state index in [1.807, 2.05) is 20.8 Å². The Morgan fingerprint density at radius 1 is 1.10 bits per heavy atom. The lowest BCUT2D eigenvalue weighted by Gasteiger charge is -2.22. The van der Waals surface area contributed by atoms with Gasteiger partial charge in [-0.05, 0) is 12.8 Å². The Bertz CT molecular complexity index is 1050. The number of carbonyl (C=O) groups is 1. The molecule has 1 amide bonds. The van der Waals surface area contributed by atoms with Crippen LogP contribution in [-0.2, 0) is 24.3 Å². The van der Waals surface area contributed by atoms with Crippen molar-refractivity contribution in [2.45, 2.75) is 69.4 Å². The number of hydrogen-bond acceptors (Lipinski definition) is 6. The molecule has 3 rings (SSSR count). The normalized spacial score (nSPS) is 15.6. The third kappa shape index (κ3) is 4.55. The molecular formula is C20H29N5O3S. The number of amides is 1. The van der Waals surface area contributed by atoms with E-state index in [4.69, 9.17) is 0 Å². The molecule has 9 heteroatoms. The average molecular weight is 420 g/mol. The van der Waals surface area contributed by atoms with Gasteiger partial charge in [-0.1, -0.05) is 51.8 Å². The first-order chi connectivity index (χ1) is 13.6. The maximum Gasteiger partial charge on any atom is 0.332 e. The first-order valence-corrected chi connectivity index (χ1v) is 11.0. The van der Waals surface area contributed by atoms with Gasteiger partial charge in [-0.25, -0.2) is 14.8 Å². The highest BCUT2D eigenvalue weighted by Crippen LogP contribution is 2.27. The number of nitrogens with zero attached hydrogens (tertiary/aromatic N) is 4. The van der Waals surface area contributed by atoms with Crippen molar-refractivity contribution >= 4 is 28.7 Å². The fourth-order valence-electron chi connectivity index (χ4n) is 3.52. The minimum atomic E-state index is -0.446. The third-order valence-corrected chi connectivity index (χ3v) is 6.22. The van der Waals surface area contributed by atoms with Gasteiger partial charge in [0.25, 0.3) is 5.56 Å². The van der Waals surface area contributed by atoms with Crippen molar-refractivity contribution in [2.24, 2.45) is 14.1 Å². The second-order valence-corrected chi connectivity index (χ2v) is 9.66. The first kappa shape index (κ1) is 21.5. The number of carbonyl (C=O) groups excluding carboxylic acids is 1. The van der Waals surface area contributed by atoms with Crippen LogP contribution in [0.4, 0.5) is 0 Å². The fourth-order valence-corrected chi connectivity index (χ4v) is 4.34. The molecule has 1 aliphatic rings. The van der Waals surface area contributed by atoms with Gasteiger partial charge in [0.2, 0.25) is 5.91 Å². The molecule has 1 saturated carbocycles. The number of rotatable bonds is 4. The summed E-state index contributed by atoms with van der Waals surface area (Å²) in [6, 6.07) is 0.234. The summed E-state index contributed by atoms with van der Waals surface area (Å²) in [5, 5.41) is 3.80. The van der Waals surface area contributed by atoms with Gasteiger partial charge in [0, 0.05) is 25.6 Å². The fraction of sp³-hybridized carbons (Fsp3) is 0.650. The van der Waals surface area contributed by atoms with Crippen LogP contribution in [0.5, 0.6) is 0 Å². The van der Waals surface area contributed by atoms with Gasteiger partial charge >= 0.3 is 5.69 Å². The Kier molecular flexibility index (Phi) is 6.16. The number of thioether (sulfide) groups is 1. The maximum absolute atomic E-state index is 12.8. The molecule has 1 aliphatic carbocycles. The second-order valence-electron chi connectivity index (χ2n) is 8.70. The molecule has 1 N–H and O–H groups in total. The standard InChI is InChI=1S/C20H29N5O3S/c1-20(2,3)18-22-15-14(17(27)25(5)19(28)24(15)4)16(23-18)29-11-13(26)21-12-9-7-6-8-10-12/h12H,6-11H2,1-5H3,(H,21,26). The van der Waals surface area contributed by atoms with Crippen LogP contribution in [0.1, 0.15) is 58.7 Å². The molecule has 0 radical (unpaired) electrons. The Balaban J connectivity index is 1.98. The molecule has 158 valence electrons. The van der Waals surface area contributed by atoms with Crippen molar-refractivity contribution in [3.05, 3.63) is 26.7 Å². The Morgan fingerprint density at radius 2 is 1.76 bits per heavy atom. The molecule has 0 bridgehead atoms. The molecule has 1 fully saturated rings. The van der Waals surface area contributed by atoms with Gasteiger partial charge in [-0.15, -0.1) is 0 Å². The minimum Gasteiger partial charge on any atom is -0.353 e. The number of nitrogens with one attached hydrogen (secondary N) is 1. The van der Waals surface area contributed by atoms with Crippen LogP contribution in [-0.4, -0.2) is 36.8 Å². The van der Waals surface area contributed by atoms with Crippen molar-refractivity contribution in [3.63, 3.8) is 0 Å². The lowest BCUT2D eigenvalue weighted by molar-refractivity contribution is -0.119. The predicted molar refractivity (Wildman–Crippen MR) is 114 cm³/mol. The van der Waals surface area contributed by atoms with E-state index in [-0.39, 0.29) is 28.5 Å². The molecule has 0 aromatic carbocycles. The number of aromatic nitrogens is 4. The highest BCUT2D eigenvalue weighted by molar-refractivity contribution is 8.00. The lowest BCUT2D eigenvalue weighted by atomic mass is 9.95. The monoisotopic (exact) mass is 419 g/mol. The Labute approximate surface area is 174 Å². The Morgan fingerprint density at radius 3 is 2.38 bits per heavy atom. The van der Waals surface area contributed by atoms with Gasteiger partial charge in [0.05, 0.1) is 5.75 Å². The first-order valence-electron chi connectivity index (χ1n) is 10.00. The zero-order valence-corrected chi connectivity index (χ0v) is 18.6. The van der Waals surface area contributed by atoms with Gasteiger partial charge < -0.3 is 5.32 Å². The Hall–Kier alpha value is -2.16. The third-order valence-electron chi connectivity index (χ3n) is 5.25. The van der Waals surface area contributed by atoms with E-state index in [9.17, 15) is 14.4 Å². The predicted octanol–water partition coefficient (Wildman–Crippen LogP) is 1.87. The van der Waals surface area contributed by atoms with Gasteiger partial charge in [-0.3, -0.25) is 18.7 Å². The van der Waals surface area contributed by atoms with E-state index < -0.39 is 11.2 Å². The zero-order valence-electron chi connectivity index (χ0n) is 17.7. The summed E-state index contributed by atoms with van der Waals surface area (Å²) in [4.78, 5) is 46.7. The van der Waals surface area contributed by atoms with Crippen LogP contribution in [0.15, 0.2) is 14.6 Å². The van der Waals surface area contributed by atoms with Crippen molar-refractivity contribution in [1.29, 1.82) is 0 Å². The molecule has 8 nitrogen and oxygen atoms in total. The topological polar surface area (TPSA) is 98.9 Å². The molecule has 2 heterocycles. The molecule has 0 saturated heterocycles. The number of hydrogen-bond donors (Lipinski definition) is 1. The van der Waals surface area contributed by atoms with E-state index in [1.165, 1.54) is 29.8 Å². The van der Waals surface area contributed by atoms with Gasteiger partial charge in [0.15, 0.2) is 5.65 Å². The minimum absolute atomic E-state index is 0.0624. The summed E-state index contributed by atoms with van der Waals surface area (Å²) in [6.07, 6.45) is 5.56. The number of aryl methyl sites for hydroxylation is 1. The summed E-state index contributed by atoms with van der Waals surface area (Å²) in [5.74, 6) is 0.633. The van der Waals surface area contributed by atoms with Gasteiger partial charge in [-0.2, -0.15) is 0 Å².